The molecule has 0 bridgehead atoms. The van der Waals surface area contributed by atoms with E-state index in [0.717, 1.165) is 10.9 Å². The highest BCUT2D eigenvalue weighted by Crippen LogP contribution is 2.38. The lowest BCUT2D eigenvalue weighted by molar-refractivity contribution is -0.119. The highest BCUT2D eigenvalue weighted by Gasteiger charge is 2.17. The topological polar surface area (TPSA) is 95.7 Å². The van der Waals surface area contributed by atoms with Crippen molar-refractivity contribution >= 4 is 27.8 Å². The number of para-hydroxylation sites is 1. The first-order valence-electron chi connectivity index (χ1n) is 9.66. The molecule has 31 heavy (non-hydrogen) atoms. The molecule has 2 heterocycles. The zero-order valence-corrected chi connectivity index (χ0v) is 16.3. The smallest absolute Gasteiger partial charge is 0.336 e. The van der Waals surface area contributed by atoms with Crippen molar-refractivity contribution in [1.29, 1.82) is 0 Å². The van der Waals surface area contributed by atoms with Crippen molar-refractivity contribution < 1.29 is 18.4 Å². The summed E-state index contributed by atoms with van der Waals surface area (Å²) in [6.45, 7) is -0.276. The van der Waals surface area contributed by atoms with Gasteiger partial charge in [0, 0.05) is 28.0 Å². The van der Waals surface area contributed by atoms with Crippen LogP contribution in [0.4, 0.5) is 0 Å². The number of amides is 1. The summed E-state index contributed by atoms with van der Waals surface area (Å²) in [5.74, 6) is 0.396. The molecular weight excluding hydrogens is 394 g/mol. The summed E-state index contributed by atoms with van der Waals surface area (Å²) in [7, 11) is 0. The van der Waals surface area contributed by atoms with Gasteiger partial charge in [0.1, 0.15) is 22.7 Å². The third-order valence-corrected chi connectivity index (χ3v) is 4.99. The van der Waals surface area contributed by atoms with E-state index in [1.54, 1.807) is 12.1 Å². The second-order valence-corrected chi connectivity index (χ2v) is 7.09. The zero-order valence-electron chi connectivity index (χ0n) is 16.3. The van der Waals surface area contributed by atoms with Gasteiger partial charge in [-0.3, -0.25) is 4.79 Å². The quantitative estimate of drug-likeness (QED) is 0.422. The molecule has 152 valence electrons. The van der Waals surface area contributed by atoms with Gasteiger partial charge in [-0.15, -0.1) is 0 Å². The molecule has 0 fully saturated rings. The Hall–Kier alpha value is -4.32. The molecule has 0 radical (unpaired) electrons. The number of benzene rings is 3. The Morgan fingerprint density at radius 2 is 1.61 bits per heavy atom. The fourth-order valence-corrected chi connectivity index (χ4v) is 3.62. The summed E-state index contributed by atoms with van der Waals surface area (Å²) in [6, 6.07) is 23.8. The fourth-order valence-electron chi connectivity index (χ4n) is 3.62. The van der Waals surface area contributed by atoms with Crippen LogP contribution in [0.3, 0.4) is 0 Å². The van der Waals surface area contributed by atoms with E-state index in [2.05, 4.69) is 0 Å². The molecule has 0 aliphatic rings. The van der Waals surface area contributed by atoms with Crippen LogP contribution in [0.1, 0.15) is 0 Å². The standard InChI is InChI=1S/C25H17NO5/c26-24(27)14-29-21-12-18-19(22-10-16-8-4-5-9-20(16)30-22)13-25(28)31-23(18)11-17(21)15-6-2-1-3-7-15/h1-13H,14H2,(H2,26,27). The number of carbonyl (C=O) groups excluding carboxylic acids is 1. The maximum atomic E-state index is 12.3. The molecule has 2 aromatic heterocycles. The first-order valence-corrected chi connectivity index (χ1v) is 9.66. The normalized spacial score (nSPS) is 11.1. The summed E-state index contributed by atoms with van der Waals surface area (Å²) in [5.41, 5.74) is 7.99. The SMILES string of the molecule is NC(=O)COc1cc2c(-c3cc4ccccc4o3)cc(=O)oc2cc1-c1ccccc1. The minimum atomic E-state index is -0.587. The summed E-state index contributed by atoms with van der Waals surface area (Å²) < 4.78 is 17.2. The number of carbonyl (C=O) groups is 1. The van der Waals surface area contributed by atoms with E-state index in [-0.39, 0.29) is 6.61 Å². The Kier molecular flexibility index (Phi) is 4.52. The molecule has 0 saturated heterocycles. The predicted octanol–water partition coefficient (Wildman–Crippen LogP) is 4.74. The predicted molar refractivity (Wildman–Crippen MR) is 118 cm³/mol. The second kappa shape index (κ2) is 7.50. The molecular formula is C25H17NO5. The Bertz CT molecular complexity index is 1450. The second-order valence-electron chi connectivity index (χ2n) is 7.09. The summed E-state index contributed by atoms with van der Waals surface area (Å²) >= 11 is 0. The molecule has 6 heteroatoms. The number of primary amides is 1. The van der Waals surface area contributed by atoms with Crippen molar-refractivity contribution in [2.75, 3.05) is 6.61 Å². The van der Waals surface area contributed by atoms with Crippen LogP contribution in [0.5, 0.6) is 5.75 Å². The van der Waals surface area contributed by atoms with Crippen molar-refractivity contribution in [3.05, 3.63) is 89.3 Å². The number of hydrogen-bond donors (Lipinski definition) is 1. The van der Waals surface area contributed by atoms with Gasteiger partial charge in [0.2, 0.25) is 0 Å². The lowest BCUT2D eigenvalue weighted by Gasteiger charge is -2.13. The molecule has 0 spiro atoms. The van der Waals surface area contributed by atoms with Gasteiger partial charge in [0.05, 0.1) is 0 Å². The summed E-state index contributed by atoms with van der Waals surface area (Å²) in [6.07, 6.45) is 0. The lowest BCUT2D eigenvalue weighted by Crippen LogP contribution is -2.20. The minimum absolute atomic E-state index is 0.276. The van der Waals surface area contributed by atoms with Gasteiger partial charge < -0.3 is 19.3 Å². The number of hydrogen-bond acceptors (Lipinski definition) is 5. The van der Waals surface area contributed by atoms with Crippen LogP contribution in [0.15, 0.2) is 92.5 Å². The maximum absolute atomic E-state index is 12.3. The van der Waals surface area contributed by atoms with Gasteiger partial charge in [-0.05, 0) is 29.8 Å². The van der Waals surface area contributed by atoms with E-state index < -0.39 is 11.5 Å². The van der Waals surface area contributed by atoms with Crippen LogP contribution in [-0.2, 0) is 4.79 Å². The molecule has 5 aromatic rings. The van der Waals surface area contributed by atoms with Crippen LogP contribution in [-0.4, -0.2) is 12.5 Å². The molecule has 0 saturated carbocycles. The van der Waals surface area contributed by atoms with E-state index >= 15 is 0 Å². The third kappa shape index (κ3) is 3.55. The van der Waals surface area contributed by atoms with E-state index in [9.17, 15) is 9.59 Å². The molecule has 0 atom stereocenters. The Morgan fingerprint density at radius 1 is 0.839 bits per heavy atom. The number of ether oxygens (including phenoxy) is 1. The Morgan fingerprint density at radius 3 is 2.39 bits per heavy atom. The molecule has 2 N–H and O–H groups in total. The largest absolute Gasteiger partial charge is 0.483 e. The van der Waals surface area contributed by atoms with Crippen LogP contribution >= 0.6 is 0 Å². The number of rotatable bonds is 5. The summed E-state index contributed by atoms with van der Waals surface area (Å²) in [5, 5.41) is 1.54. The van der Waals surface area contributed by atoms with Gasteiger partial charge in [-0.1, -0.05) is 48.5 Å². The molecule has 0 aliphatic heterocycles. The highest BCUT2D eigenvalue weighted by molar-refractivity contribution is 5.98. The molecule has 3 aromatic carbocycles. The summed E-state index contributed by atoms with van der Waals surface area (Å²) in [4.78, 5) is 23.7. The van der Waals surface area contributed by atoms with Crippen LogP contribution < -0.4 is 16.1 Å². The average Bonchev–Trinajstić information content (AvgIpc) is 3.21. The number of furan rings is 1. The zero-order chi connectivity index (χ0) is 21.4. The van der Waals surface area contributed by atoms with E-state index in [1.165, 1.54) is 6.07 Å². The van der Waals surface area contributed by atoms with E-state index in [4.69, 9.17) is 19.3 Å². The van der Waals surface area contributed by atoms with Gasteiger partial charge in [0.25, 0.3) is 5.91 Å². The van der Waals surface area contributed by atoms with Crippen molar-refractivity contribution in [3.8, 4) is 28.2 Å². The van der Waals surface area contributed by atoms with Crippen molar-refractivity contribution in [2.45, 2.75) is 0 Å². The Balaban J connectivity index is 1.76. The minimum Gasteiger partial charge on any atom is -0.483 e. The highest BCUT2D eigenvalue weighted by atomic mass is 16.5. The molecule has 0 unspecified atom stereocenters. The molecule has 0 aliphatic carbocycles. The van der Waals surface area contributed by atoms with E-state index in [1.807, 2.05) is 60.7 Å². The monoisotopic (exact) mass is 411 g/mol. The maximum Gasteiger partial charge on any atom is 0.336 e. The first kappa shape index (κ1) is 18.7. The molecule has 1 amide bonds. The first-order chi connectivity index (χ1) is 15.1. The Labute approximate surface area is 176 Å². The van der Waals surface area contributed by atoms with Gasteiger partial charge in [0.15, 0.2) is 6.61 Å². The van der Waals surface area contributed by atoms with Gasteiger partial charge >= 0.3 is 5.63 Å². The molecule has 6 nitrogen and oxygen atoms in total. The van der Waals surface area contributed by atoms with Crippen molar-refractivity contribution in [3.63, 3.8) is 0 Å². The fraction of sp³-hybridized carbons (Fsp3) is 0.0400. The average molecular weight is 411 g/mol. The number of nitrogens with two attached hydrogens (primary N) is 1. The third-order valence-electron chi connectivity index (χ3n) is 4.99. The number of fused-ring (bicyclic) bond motifs is 2. The van der Waals surface area contributed by atoms with Gasteiger partial charge in [-0.2, -0.15) is 0 Å². The van der Waals surface area contributed by atoms with E-state index in [0.29, 0.717) is 39.2 Å². The lowest BCUT2D eigenvalue weighted by atomic mass is 10.00. The molecule has 5 rings (SSSR count). The van der Waals surface area contributed by atoms with Crippen molar-refractivity contribution in [1.82, 2.24) is 0 Å². The van der Waals surface area contributed by atoms with Crippen LogP contribution in [0, 0.1) is 0 Å². The van der Waals surface area contributed by atoms with Crippen molar-refractivity contribution in [2.24, 2.45) is 5.73 Å². The van der Waals surface area contributed by atoms with Gasteiger partial charge in [-0.25, -0.2) is 4.79 Å². The van der Waals surface area contributed by atoms with Crippen LogP contribution in [0.2, 0.25) is 0 Å². The van der Waals surface area contributed by atoms with Crippen LogP contribution in [0.25, 0.3) is 44.4 Å².